The van der Waals surface area contributed by atoms with E-state index in [4.69, 9.17) is 16.3 Å². The maximum Gasteiger partial charge on any atom is 0.319 e. The number of carbonyl (C=O) groups excluding carboxylic acids is 2. The first kappa shape index (κ1) is 19.2. The number of urea groups is 1. The van der Waals surface area contributed by atoms with Gasteiger partial charge in [-0.2, -0.15) is 0 Å². The molecule has 3 rings (SSSR count). The Morgan fingerprint density at radius 3 is 2.48 bits per heavy atom. The highest BCUT2D eigenvalue weighted by Gasteiger charge is 2.16. The van der Waals surface area contributed by atoms with Crippen molar-refractivity contribution in [3.63, 3.8) is 0 Å². The Kier molecular flexibility index (Phi) is 6.32. The SMILES string of the molecule is CN(C(=O)c1ccc(Cl)cc1)c1ccc(NC(=O)NCC2CCCO2)cc1. The first-order valence-corrected chi connectivity index (χ1v) is 9.21. The second-order valence-corrected chi connectivity index (χ2v) is 6.82. The third-order valence-corrected chi connectivity index (χ3v) is 4.67. The van der Waals surface area contributed by atoms with Crippen LogP contribution in [0, 0.1) is 0 Å². The molecule has 6 nitrogen and oxygen atoms in total. The van der Waals surface area contributed by atoms with Gasteiger partial charge in [-0.3, -0.25) is 4.79 Å². The fraction of sp³-hybridized carbons (Fsp3) is 0.300. The van der Waals surface area contributed by atoms with E-state index in [1.54, 1.807) is 60.5 Å². The Bertz CT molecular complexity index is 787. The summed E-state index contributed by atoms with van der Waals surface area (Å²) in [5.74, 6) is -0.137. The first-order valence-electron chi connectivity index (χ1n) is 8.83. The summed E-state index contributed by atoms with van der Waals surface area (Å²) in [5.41, 5.74) is 1.92. The van der Waals surface area contributed by atoms with Gasteiger partial charge in [-0.25, -0.2) is 4.79 Å². The Hall–Kier alpha value is -2.57. The molecule has 2 N–H and O–H groups in total. The largest absolute Gasteiger partial charge is 0.376 e. The highest BCUT2D eigenvalue weighted by atomic mass is 35.5. The number of carbonyl (C=O) groups is 2. The molecular formula is C20H22ClN3O3. The zero-order valence-electron chi connectivity index (χ0n) is 15.1. The molecule has 3 amide bonds. The van der Waals surface area contributed by atoms with Gasteiger partial charge in [0, 0.05) is 42.2 Å². The molecule has 0 radical (unpaired) electrons. The topological polar surface area (TPSA) is 70.7 Å². The summed E-state index contributed by atoms with van der Waals surface area (Å²) < 4.78 is 5.47. The van der Waals surface area contributed by atoms with Crippen molar-refractivity contribution in [1.82, 2.24) is 5.32 Å². The van der Waals surface area contributed by atoms with Crippen LogP contribution in [0.2, 0.25) is 5.02 Å². The van der Waals surface area contributed by atoms with Crippen molar-refractivity contribution in [1.29, 1.82) is 0 Å². The Labute approximate surface area is 163 Å². The summed E-state index contributed by atoms with van der Waals surface area (Å²) >= 11 is 5.86. The fourth-order valence-corrected chi connectivity index (χ4v) is 2.98. The van der Waals surface area contributed by atoms with Crippen molar-refractivity contribution in [2.24, 2.45) is 0 Å². The van der Waals surface area contributed by atoms with Gasteiger partial charge in [0.2, 0.25) is 0 Å². The van der Waals surface area contributed by atoms with E-state index in [1.807, 2.05) is 0 Å². The van der Waals surface area contributed by atoms with Gasteiger partial charge < -0.3 is 20.3 Å². The second kappa shape index (κ2) is 8.88. The third-order valence-electron chi connectivity index (χ3n) is 4.42. The molecule has 1 heterocycles. The minimum Gasteiger partial charge on any atom is -0.376 e. The maximum absolute atomic E-state index is 12.5. The van der Waals surface area contributed by atoms with E-state index >= 15 is 0 Å². The molecule has 2 aromatic carbocycles. The lowest BCUT2D eigenvalue weighted by molar-refractivity contribution is 0.0993. The van der Waals surface area contributed by atoms with E-state index in [1.165, 1.54) is 0 Å². The molecular weight excluding hydrogens is 366 g/mol. The van der Waals surface area contributed by atoms with Crippen molar-refractivity contribution >= 4 is 34.9 Å². The number of amides is 3. The van der Waals surface area contributed by atoms with Crippen LogP contribution in [0.4, 0.5) is 16.2 Å². The van der Waals surface area contributed by atoms with E-state index in [0.29, 0.717) is 22.8 Å². The number of hydrogen-bond acceptors (Lipinski definition) is 3. The van der Waals surface area contributed by atoms with E-state index in [2.05, 4.69) is 10.6 Å². The van der Waals surface area contributed by atoms with Gasteiger partial charge in [0.15, 0.2) is 0 Å². The lowest BCUT2D eigenvalue weighted by Crippen LogP contribution is -2.35. The number of nitrogens with one attached hydrogen (secondary N) is 2. The van der Waals surface area contributed by atoms with E-state index in [0.717, 1.165) is 25.1 Å². The average Bonchev–Trinajstić information content (AvgIpc) is 3.20. The number of nitrogens with zero attached hydrogens (tertiary/aromatic N) is 1. The number of hydrogen-bond donors (Lipinski definition) is 2. The second-order valence-electron chi connectivity index (χ2n) is 6.39. The average molecular weight is 388 g/mol. The van der Waals surface area contributed by atoms with Crippen LogP contribution in [0.1, 0.15) is 23.2 Å². The van der Waals surface area contributed by atoms with Crippen LogP contribution in [-0.2, 0) is 4.74 Å². The third kappa shape index (κ3) is 5.21. The van der Waals surface area contributed by atoms with Crippen LogP contribution in [-0.4, -0.2) is 38.2 Å². The molecule has 0 saturated carbocycles. The molecule has 2 aromatic rings. The molecule has 27 heavy (non-hydrogen) atoms. The predicted molar refractivity (Wildman–Crippen MR) is 107 cm³/mol. The molecule has 0 aromatic heterocycles. The van der Waals surface area contributed by atoms with Gasteiger partial charge in [0.1, 0.15) is 0 Å². The van der Waals surface area contributed by atoms with Gasteiger partial charge in [0.05, 0.1) is 6.10 Å². The number of anilines is 2. The number of benzene rings is 2. The quantitative estimate of drug-likeness (QED) is 0.816. The fourth-order valence-electron chi connectivity index (χ4n) is 2.86. The summed E-state index contributed by atoms with van der Waals surface area (Å²) in [6.07, 6.45) is 2.12. The zero-order chi connectivity index (χ0) is 19.2. The Morgan fingerprint density at radius 1 is 1.15 bits per heavy atom. The highest BCUT2D eigenvalue weighted by molar-refractivity contribution is 6.30. The van der Waals surface area contributed by atoms with Crippen molar-refractivity contribution < 1.29 is 14.3 Å². The van der Waals surface area contributed by atoms with Gasteiger partial charge in [-0.15, -0.1) is 0 Å². The van der Waals surface area contributed by atoms with Crippen LogP contribution in [0.25, 0.3) is 0 Å². The monoisotopic (exact) mass is 387 g/mol. The zero-order valence-corrected chi connectivity index (χ0v) is 15.8. The lowest BCUT2D eigenvalue weighted by atomic mass is 10.2. The molecule has 142 valence electrons. The lowest BCUT2D eigenvalue weighted by Gasteiger charge is -2.18. The van der Waals surface area contributed by atoms with Crippen LogP contribution in [0.3, 0.4) is 0 Å². The van der Waals surface area contributed by atoms with E-state index in [-0.39, 0.29) is 18.0 Å². The summed E-state index contributed by atoms with van der Waals surface area (Å²) in [4.78, 5) is 26.0. The van der Waals surface area contributed by atoms with Gasteiger partial charge in [0.25, 0.3) is 5.91 Å². The molecule has 0 bridgehead atoms. The molecule has 1 unspecified atom stereocenters. The van der Waals surface area contributed by atoms with Gasteiger partial charge >= 0.3 is 6.03 Å². The van der Waals surface area contributed by atoms with Crippen LogP contribution >= 0.6 is 11.6 Å². The number of ether oxygens (including phenoxy) is 1. The van der Waals surface area contributed by atoms with Crippen LogP contribution in [0.5, 0.6) is 0 Å². The van der Waals surface area contributed by atoms with Crippen LogP contribution in [0.15, 0.2) is 48.5 Å². The van der Waals surface area contributed by atoms with Crippen molar-refractivity contribution in [3.05, 3.63) is 59.1 Å². The first-order chi connectivity index (χ1) is 13.0. The maximum atomic E-state index is 12.5. The van der Waals surface area contributed by atoms with Crippen molar-refractivity contribution in [2.45, 2.75) is 18.9 Å². The molecule has 1 fully saturated rings. The van der Waals surface area contributed by atoms with E-state index in [9.17, 15) is 9.59 Å². The van der Waals surface area contributed by atoms with Gasteiger partial charge in [-0.05, 0) is 61.4 Å². The number of rotatable bonds is 5. The highest BCUT2D eigenvalue weighted by Crippen LogP contribution is 2.20. The molecule has 1 aliphatic rings. The minimum atomic E-state index is -0.274. The molecule has 1 atom stereocenters. The summed E-state index contributed by atoms with van der Waals surface area (Å²) in [5, 5.41) is 6.17. The smallest absolute Gasteiger partial charge is 0.319 e. The Balaban J connectivity index is 1.54. The standard InChI is InChI=1S/C20H22ClN3O3/c1-24(19(25)14-4-6-15(21)7-5-14)17-10-8-16(9-11-17)23-20(26)22-13-18-3-2-12-27-18/h4-11,18H,2-3,12-13H2,1H3,(H2,22,23,26). The van der Waals surface area contributed by atoms with Gasteiger partial charge in [-0.1, -0.05) is 11.6 Å². The molecule has 1 aliphatic heterocycles. The minimum absolute atomic E-state index is 0.102. The molecule has 0 spiro atoms. The molecule has 0 aliphatic carbocycles. The van der Waals surface area contributed by atoms with Crippen LogP contribution < -0.4 is 15.5 Å². The Morgan fingerprint density at radius 2 is 1.85 bits per heavy atom. The molecule has 7 heteroatoms. The van der Waals surface area contributed by atoms with Crippen molar-refractivity contribution in [3.8, 4) is 0 Å². The van der Waals surface area contributed by atoms with Crippen molar-refractivity contribution in [2.75, 3.05) is 30.4 Å². The summed E-state index contributed by atoms with van der Waals surface area (Å²) in [6, 6.07) is 13.6. The summed E-state index contributed by atoms with van der Waals surface area (Å²) in [6.45, 7) is 1.26. The van der Waals surface area contributed by atoms with E-state index < -0.39 is 0 Å². The normalized spacial score (nSPS) is 16.0. The number of halogens is 1. The predicted octanol–water partition coefficient (Wildman–Crippen LogP) is 3.92. The molecule has 1 saturated heterocycles. The summed E-state index contributed by atoms with van der Waals surface area (Å²) in [7, 11) is 1.70.